The van der Waals surface area contributed by atoms with E-state index >= 15 is 0 Å². The molecule has 1 aromatic heterocycles. The van der Waals surface area contributed by atoms with Crippen LogP contribution >= 0.6 is 0 Å². The molecule has 1 unspecified atom stereocenters. The van der Waals surface area contributed by atoms with Crippen molar-refractivity contribution in [2.75, 3.05) is 7.11 Å². The van der Waals surface area contributed by atoms with Gasteiger partial charge in [-0.25, -0.2) is 8.42 Å². The van der Waals surface area contributed by atoms with Crippen LogP contribution in [0, 0.1) is 0 Å². The van der Waals surface area contributed by atoms with Crippen LogP contribution in [0.3, 0.4) is 0 Å². The summed E-state index contributed by atoms with van der Waals surface area (Å²) in [5, 5.41) is 2.98. The summed E-state index contributed by atoms with van der Waals surface area (Å²) in [7, 11) is -2.10. The van der Waals surface area contributed by atoms with Gasteiger partial charge in [-0.2, -0.15) is 4.98 Å². The average molecular weight is 308 g/mol. The van der Waals surface area contributed by atoms with Crippen molar-refractivity contribution in [2.45, 2.75) is 35.8 Å². The van der Waals surface area contributed by atoms with E-state index in [9.17, 15) is 8.42 Å². The minimum absolute atomic E-state index is 0.139. The van der Waals surface area contributed by atoms with Crippen LogP contribution in [0.25, 0.3) is 0 Å². The summed E-state index contributed by atoms with van der Waals surface area (Å²) >= 11 is 0. The molecular weight excluding hydrogens is 292 g/mol. The smallest absolute Gasteiger partial charge is 0.245 e. The highest BCUT2D eigenvalue weighted by molar-refractivity contribution is 7.91. The van der Waals surface area contributed by atoms with Crippen molar-refractivity contribution >= 4 is 9.84 Å². The van der Waals surface area contributed by atoms with E-state index in [0.717, 1.165) is 12.8 Å². The van der Waals surface area contributed by atoms with Crippen LogP contribution in [0.1, 0.15) is 42.6 Å². The van der Waals surface area contributed by atoms with Crippen LogP contribution in [0.15, 0.2) is 33.7 Å². The van der Waals surface area contributed by atoms with Gasteiger partial charge in [-0.1, -0.05) is 11.2 Å². The fraction of sp³-hybridized carbons (Fsp3) is 0.429. The van der Waals surface area contributed by atoms with Crippen molar-refractivity contribution in [1.82, 2.24) is 10.1 Å². The molecular formula is C14H16N2O4S. The van der Waals surface area contributed by atoms with Gasteiger partial charge in [0.15, 0.2) is 15.7 Å². The number of methoxy groups -OCH3 is 1. The van der Waals surface area contributed by atoms with Gasteiger partial charge in [0.05, 0.1) is 12.0 Å². The Kier molecular flexibility index (Phi) is 3.44. The number of rotatable bonds is 5. The van der Waals surface area contributed by atoms with Crippen molar-refractivity contribution in [3.8, 4) is 5.75 Å². The van der Waals surface area contributed by atoms with Crippen molar-refractivity contribution in [1.29, 1.82) is 0 Å². The van der Waals surface area contributed by atoms with Gasteiger partial charge in [0.1, 0.15) is 11.0 Å². The van der Waals surface area contributed by atoms with Crippen LogP contribution in [0.5, 0.6) is 5.75 Å². The molecule has 7 heteroatoms. The molecule has 1 heterocycles. The summed E-state index contributed by atoms with van der Waals surface area (Å²) in [5.74, 6) is 1.57. The monoisotopic (exact) mass is 308 g/mol. The summed E-state index contributed by atoms with van der Waals surface area (Å²) in [6.07, 6.45) is 2.08. The standard InChI is InChI=1S/C14H16N2O4S/c1-9(14-15-13(16-20-14)10-6-7-10)21(17,18)12-5-3-4-11(8-12)19-2/h3-5,8-10H,6-7H2,1-2H3. The van der Waals surface area contributed by atoms with Crippen LogP contribution in [-0.2, 0) is 9.84 Å². The molecule has 2 aromatic rings. The van der Waals surface area contributed by atoms with Gasteiger partial charge in [0, 0.05) is 5.92 Å². The molecule has 1 saturated carbocycles. The highest BCUT2D eigenvalue weighted by atomic mass is 32.2. The van der Waals surface area contributed by atoms with E-state index in [0.29, 0.717) is 17.5 Å². The molecule has 0 spiro atoms. The van der Waals surface area contributed by atoms with E-state index in [1.807, 2.05) is 0 Å². The number of aromatic nitrogens is 2. The van der Waals surface area contributed by atoms with Gasteiger partial charge in [-0.05, 0) is 38.0 Å². The van der Waals surface area contributed by atoms with Crippen molar-refractivity contribution < 1.29 is 17.7 Å². The van der Waals surface area contributed by atoms with Crippen LogP contribution in [-0.4, -0.2) is 25.7 Å². The molecule has 1 aliphatic rings. The number of hydrogen-bond donors (Lipinski definition) is 0. The van der Waals surface area contributed by atoms with Crippen LogP contribution in [0.4, 0.5) is 0 Å². The predicted molar refractivity (Wildman–Crippen MR) is 74.9 cm³/mol. The second-order valence-corrected chi connectivity index (χ2v) is 7.40. The van der Waals surface area contributed by atoms with Crippen LogP contribution in [0.2, 0.25) is 0 Å². The zero-order valence-corrected chi connectivity index (χ0v) is 12.6. The molecule has 0 bridgehead atoms. The Morgan fingerprint density at radius 1 is 1.38 bits per heavy atom. The number of benzene rings is 1. The highest BCUT2D eigenvalue weighted by Crippen LogP contribution is 2.39. The van der Waals surface area contributed by atoms with Gasteiger partial charge in [0.25, 0.3) is 0 Å². The normalized spacial score (nSPS) is 16.7. The highest BCUT2D eigenvalue weighted by Gasteiger charge is 2.33. The molecule has 112 valence electrons. The van der Waals surface area contributed by atoms with Gasteiger partial charge < -0.3 is 9.26 Å². The Hall–Kier alpha value is -1.89. The van der Waals surface area contributed by atoms with E-state index in [-0.39, 0.29) is 10.8 Å². The second-order valence-electron chi connectivity index (χ2n) is 5.13. The molecule has 21 heavy (non-hydrogen) atoms. The lowest BCUT2D eigenvalue weighted by Gasteiger charge is -2.10. The third kappa shape index (κ3) is 2.65. The summed E-state index contributed by atoms with van der Waals surface area (Å²) in [4.78, 5) is 4.40. The maximum atomic E-state index is 12.6. The molecule has 1 aromatic carbocycles. The molecule has 1 fully saturated rings. The summed E-state index contributed by atoms with van der Waals surface area (Å²) in [5.41, 5.74) is 0. The molecule has 1 atom stereocenters. The van der Waals surface area contributed by atoms with Crippen molar-refractivity contribution in [2.24, 2.45) is 0 Å². The largest absolute Gasteiger partial charge is 0.497 e. The quantitative estimate of drug-likeness (QED) is 0.844. The average Bonchev–Trinajstić information content (AvgIpc) is 3.24. The molecule has 0 radical (unpaired) electrons. The number of ether oxygens (including phenoxy) is 1. The lowest BCUT2D eigenvalue weighted by atomic mass is 10.3. The third-order valence-corrected chi connectivity index (χ3v) is 5.63. The Balaban J connectivity index is 1.91. The van der Waals surface area contributed by atoms with E-state index in [1.165, 1.54) is 19.2 Å². The third-order valence-electron chi connectivity index (χ3n) is 3.58. The Morgan fingerprint density at radius 3 is 2.81 bits per heavy atom. The topological polar surface area (TPSA) is 82.3 Å². The summed E-state index contributed by atoms with van der Waals surface area (Å²) in [6, 6.07) is 6.36. The minimum Gasteiger partial charge on any atom is -0.497 e. The first kappa shape index (κ1) is 14.1. The molecule has 6 nitrogen and oxygen atoms in total. The van der Waals surface area contributed by atoms with Gasteiger partial charge in [-0.3, -0.25) is 0 Å². The molecule has 0 saturated heterocycles. The summed E-state index contributed by atoms with van der Waals surface area (Å²) < 4.78 is 35.4. The van der Waals surface area contributed by atoms with Gasteiger partial charge in [0.2, 0.25) is 5.89 Å². The molecule has 0 aliphatic heterocycles. The van der Waals surface area contributed by atoms with E-state index < -0.39 is 15.1 Å². The van der Waals surface area contributed by atoms with E-state index in [4.69, 9.17) is 9.26 Å². The van der Waals surface area contributed by atoms with Gasteiger partial charge >= 0.3 is 0 Å². The fourth-order valence-corrected chi connectivity index (χ4v) is 3.35. The first-order chi connectivity index (χ1) is 10.0. The SMILES string of the molecule is COc1cccc(S(=O)(=O)C(C)c2nc(C3CC3)no2)c1. The molecule has 3 rings (SSSR count). The fourth-order valence-electron chi connectivity index (χ4n) is 2.03. The van der Waals surface area contributed by atoms with Gasteiger partial charge in [-0.15, -0.1) is 0 Å². The van der Waals surface area contributed by atoms with Crippen molar-refractivity contribution in [3.05, 3.63) is 36.0 Å². The number of sulfone groups is 1. The Morgan fingerprint density at radius 2 is 2.14 bits per heavy atom. The van der Waals surface area contributed by atoms with E-state index in [1.54, 1.807) is 19.1 Å². The minimum atomic E-state index is -3.59. The zero-order chi connectivity index (χ0) is 15.0. The lowest BCUT2D eigenvalue weighted by molar-refractivity contribution is 0.371. The molecule has 0 N–H and O–H groups in total. The predicted octanol–water partition coefficient (Wildman–Crippen LogP) is 2.49. The van der Waals surface area contributed by atoms with Crippen LogP contribution < -0.4 is 4.74 Å². The summed E-state index contributed by atoms with van der Waals surface area (Å²) in [6.45, 7) is 1.55. The molecule has 1 aliphatic carbocycles. The first-order valence-corrected chi connectivity index (χ1v) is 8.28. The maximum absolute atomic E-state index is 12.6. The van der Waals surface area contributed by atoms with E-state index in [2.05, 4.69) is 10.1 Å². The Labute approximate surface area is 123 Å². The maximum Gasteiger partial charge on any atom is 0.245 e. The number of nitrogens with zero attached hydrogens (tertiary/aromatic N) is 2. The second kappa shape index (κ2) is 5.14. The lowest BCUT2D eigenvalue weighted by Crippen LogP contribution is -2.11. The number of hydrogen-bond acceptors (Lipinski definition) is 6. The molecule has 0 amide bonds. The zero-order valence-electron chi connectivity index (χ0n) is 11.8. The Bertz CT molecular complexity index is 750. The van der Waals surface area contributed by atoms with Crippen molar-refractivity contribution in [3.63, 3.8) is 0 Å². The first-order valence-electron chi connectivity index (χ1n) is 6.74.